The summed E-state index contributed by atoms with van der Waals surface area (Å²) in [5, 5.41) is 19.0. The Labute approximate surface area is 126 Å². The number of rotatable bonds is 5. The lowest BCUT2D eigenvalue weighted by atomic mass is 10.2. The highest BCUT2D eigenvalue weighted by Crippen LogP contribution is 2.13. The summed E-state index contributed by atoms with van der Waals surface area (Å²) < 4.78 is 5.57. The van der Waals surface area contributed by atoms with E-state index in [0.717, 1.165) is 19.6 Å². The molecule has 21 heavy (non-hydrogen) atoms. The molecule has 0 aliphatic carbocycles. The quantitative estimate of drug-likeness (QED) is 0.874. The van der Waals surface area contributed by atoms with Crippen LogP contribution in [0.5, 0.6) is 5.75 Å². The van der Waals surface area contributed by atoms with Crippen LogP contribution in [0.1, 0.15) is 12.5 Å². The SMILES string of the molecule is CC1CN(C)CCN1CC(O)COc1cccc(C#N)c1. The maximum Gasteiger partial charge on any atom is 0.120 e. The van der Waals surface area contributed by atoms with Crippen molar-refractivity contribution in [2.45, 2.75) is 19.1 Å². The van der Waals surface area contributed by atoms with Crippen molar-refractivity contribution in [2.24, 2.45) is 0 Å². The Kier molecular flexibility index (Phi) is 5.57. The van der Waals surface area contributed by atoms with Gasteiger partial charge in [0, 0.05) is 32.2 Å². The second kappa shape index (κ2) is 7.41. The largest absolute Gasteiger partial charge is 0.491 e. The van der Waals surface area contributed by atoms with Crippen molar-refractivity contribution in [3.63, 3.8) is 0 Å². The molecule has 1 heterocycles. The number of aliphatic hydroxyl groups excluding tert-OH is 1. The van der Waals surface area contributed by atoms with E-state index in [0.29, 0.717) is 23.9 Å². The van der Waals surface area contributed by atoms with E-state index in [9.17, 15) is 5.11 Å². The molecule has 0 spiro atoms. The fourth-order valence-electron chi connectivity index (χ4n) is 2.62. The number of aliphatic hydroxyl groups is 1. The smallest absolute Gasteiger partial charge is 0.120 e. The van der Waals surface area contributed by atoms with Crippen molar-refractivity contribution in [2.75, 3.05) is 39.8 Å². The molecule has 1 aliphatic rings. The van der Waals surface area contributed by atoms with Crippen LogP contribution in [0.3, 0.4) is 0 Å². The van der Waals surface area contributed by atoms with Crippen molar-refractivity contribution >= 4 is 0 Å². The Balaban J connectivity index is 1.79. The van der Waals surface area contributed by atoms with Gasteiger partial charge in [-0.3, -0.25) is 4.90 Å². The maximum atomic E-state index is 10.1. The minimum atomic E-state index is -0.526. The first-order valence-corrected chi connectivity index (χ1v) is 7.32. The van der Waals surface area contributed by atoms with Gasteiger partial charge in [0.05, 0.1) is 11.6 Å². The summed E-state index contributed by atoms with van der Waals surface area (Å²) >= 11 is 0. The number of nitrogens with zero attached hydrogens (tertiary/aromatic N) is 3. The zero-order valence-corrected chi connectivity index (χ0v) is 12.7. The Hall–Kier alpha value is -1.61. The Morgan fingerprint density at radius 1 is 1.48 bits per heavy atom. The summed E-state index contributed by atoms with van der Waals surface area (Å²) in [7, 11) is 2.12. The van der Waals surface area contributed by atoms with Crippen LogP contribution in [-0.2, 0) is 0 Å². The van der Waals surface area contributed by atoms with Gasteiger partial charge in [0.1, 0.15) is 18.5 Å². The van der Waals surface area contributed by atoms with E-state index in [4.69, 9.17) is 10.00 Å². The zero-order valence-electron chi connectivity index (χ0n) is 12.7. The number of benzene rings is 1. The molecule has 2 rings (SSSR count). The summed E-state index contributed by atoms with van der Waals surface area (Å²) in [6.07, 6.45) is -0.526. The summed E-state index contributed by atoms with van der Waals surface area (Å²) in [5.41, 5.74) is 0.565. The van der Waals surface area contributed by atoms with Crippen LogP contribution in [-0.4, -0.2) is 66.9 Å². The number of piperazine rings is 1. The van der Waals surface area contributed by atoms with Gasteiger partial charge in [-0.05, 0) is 32.2 Å². The molecule has 0 radical (unpaired) electrons. The first kappa shape index (κ1) is 15.8. The van der Waals surface area contributed by atoms with Crippen LogP contribution in [0.25, 0.3) is 0 Å². The fourth-order valence-corrected chi connectivity index (χ4v) is 2.62. The highest BCUT2D eigenvalue weighted by Gasteiger charge is 2.23. The van der Waals surface area contributed by atoms with Crippen LogP contribution >= 0.6 is 0 Å². The number of hydrogen-bond acceptors (Lipinski definition) is 5. The summed E-state index contributed by atoms with van der Waals surface area (Å²) in [4.78, 5) is 4.59. The molecule has 0 amide bonds. The van der Waals surface area contributed by atoms with Gasteiger partial charge >= 0.3 is 0 Å². The number of β-amino-alcohol motifs (C(OH)–C–C–N with tert-alkyl or cyclic N) is 1. The minimum Gasteiger partial charge on any atom is -0.491 e. The van der Waals surface area contributed by atoms with Crippen LogP contribution < -0.4 is 4.74 Å². The fraction of sp³-hybridized carbons (Fsp3) is 0.562. The first-order valence-electron chi connectivity index (χ1n) is 7.32. The van der Waals surface area contributed by atoms with Gasteiger partial charge in [-0.1, -0.05) is 6.07 Å². The molecule has 1 aromatic rings. The lowest BCUT2D eigenvalue weighted by Gasteiger charge is -2.39. The van der Waals surface area contributed by atoms with Gasteiger partial charge in [-0.2, -0.15) is 5.26 Å². The van der Waals surface area contributed by atoms with E-state index < -0.39 is 6.10 Å². The molecule has 114 valence electrons. The third-order valence-corrected chi connectivity index (χ3v) is 3.82. The molecule has 1 aromatic carbocycles. The normalized spacial score (nSPS) is 21.7. The van der Waals surface area contributed by atoms with Gasteiger partial charge in [-0.25, -0.2) is 0 Å². The highest BCUT2D eigenvalue weighted by molar-refractivity contribution is 5.36. The topological polar surface area (TPSA) is 59.7 Å². The van der Waals surface area contributed by atoms with E-state index >= 15 is 0 Å². The first-order chi connectivity index (χ1) is 10.1. The number of likely N-dealkylation sites (N-methyl/N-ethyl adjacent to an activating group) is 1. The van der Waals surface area contributed by atoms with Crippen LogP contribution in [0.15, 0.2) is 24.3 Å². The molecule has 5 nitrogen and oxygen atoms in total. The summed E-state index contributed by atoms with van der Waals surface area (Å²) in [5.74, 6) is 0.625. The van der Waals surface area contributed by atoms with Crippen molar-refractivity contribution in [3.05, 3.63) is 29.8 Å². The molecular weight excluding hydrogens is 266 g/mol. The van der Waals surface area contributed by atoms with Gasteiger partial charge in [0.25, 0.3) is 0 Å². The molecule has 1 saturated heterocycles. The highest BCUT2D eigenvalue weighted by atomic mass is 16.5. The Bertz CT molecular complexity index is 501. The zero-order chi connectivity index (χ0) is 15.2. The van der Waals surface area contributed by atoms with Crippen molar-refractivity contribution < 1.29 is 9.84 Å². The van der Waals surface area contributed by atoms with Gasteiger partial charge in [0.2, 0.25) is 0 Å². The molecule has 2 atom stereocenters. The molecule has 1 fully saturated rings. The molecule has 5 heteroatoms. The van der Waals surface area contributed by atoms with E-state index in [1.807, 2.05) is 0 Å². The van der Waals surface area contributed by atoms with Crippen LogP contribution in [0, 0.1) is 11.3 Å². The molecule has 2 unspecified atom stereocenters. The molecule has 0 aromatic heterocycles. The van der Waals surface area contributed by atoms with Crippen molar-refractivity contribution in [1.29, 1.82) is 5.26 Å². The predicted molar refractivity (Wildman–Crippen MR) is 81.2 cm³/mol. The van der Waals surface area contributed by atoms with Crippen molar-refractivity contribution in [3.8, 4) is 11.8 Å². The Morgan fingerprint density at radius 2 is 2.29 bits per heavy atom. The molecule has 1 N–H and O–H groups in total. The Morgan fingerprint density at radius 3 is 3.00 bits per heavy atom. The average molecular weight is 289 g/mol. The average Bonchev–Trinajstić information content (AvgIpc) is 2.48. The van der Waals surface area contributed by atoms with Gasteiger partial charge in [0.15, 0.2) is 0 Å². The lowest BCUT2D eigenvalue weighted by Crippen LogP contribution is -2.53. The van der Waals surface area contributed by atoms with E-state index in [1.54, 1.807) is 24.3 Å². The second-order valence-electron chi connectivity index (χ2n) is 5.71. The predicted octanol–water partition coefficient (Wildman–Crippen LogP) is 0.934. The molecule has 0 saturated carbocycles. The summed E-state index contributed by atoms with van der Waals surface area (Å²) in [6, 6.07) is 9.52. The third kappa shape index (κ3) is 4.71. The van der Waals surface area contributed by atoms with Crippen LogP contribution in [0.2, 0.25) is 0 Å². The lowest BCUT2D eigenvalue weighted by molar-refractivity contribution is 0.0273. The molecule has 0 bridgehead atoms. The molecule has 1 aliphatic heterocycles. The maximum absolute atomic E-state index is 10.1. The number of ether oxygens (including phenoxy) is 1. The minimum absolute atomic E-state index is 0.244. The van der Waals surface area contributed by atoms with E-state index in [-0.39, 0.29) is 6.61 Å². The monoisotopic (exact) mass is 289 g/mol. The number of nitriles is 1. The van der Waals surface area contributed by atoms with E-state index in [1.165, 1.54) is 0 Å². The third-order valence-electron chi connectivity index (χ3n) is 3.82. The van der Waals surface area contributed by atoms with E-state index in [2.05, 4.69) is 29.8 Å². The standard InChI is InChI=1S/C16H23N3O2/c1-13-10-18(2)6-7-19(13)11-15(20)12-21-16-5-3-4-14(8-16)9-17/h3-5,8,13,15,20H,6-7,10-12H2,1-2H3. The van der Waals surface area contributed by atoms with Crippen molar-refractivity contribution in [1.82, 2.24) is 9.80 Å². The van der Waals surface area contributed by atoms with Gasteiger partial charge < -0.3 is 14.7 Å². The second-order valence-corrected chi connectivity index (χ2v) is 5.71. The molecular formula is C16H23N3O2. The van der Waals surface area contributed by atoms with Crippen LogP contribution in [0.4, 0.5) is 0 Å². The number of hydrogen-bond donors (Lipinski definition) is 1. The van der Waals surface area contributed by atoms with Gasteiger partial charge in [-0.15, -0.1) is 0 Å². The summed E-state index contributed by atoms with van der Waals surface area (Å²) in [6.45, 7) is 6.07.